The van der Waals surface area contributed by atoms with Gasteiger partial charge in [-0.25, -0.2) is 4.39 Å². The summed E-state index contributed by atoms with van der Waals surface area (Å²) in [4.78, 5) is 27.7. The number of non-ortho nitro benzene ring substituents is 1. The van der Waals surface area contributed by atoms with E-state index in [1.807, 2.05) is 13.0 Å². The molecular weight excluding hydrogens is 473 g/mol. The molecule has 1 saturated heterocycles. The maximum atomic E-state index is 13.8. The second-order valence-electron chi connectivity index (χ2n) is 8.45. The number of benzene rings is 3. The van der Waals surface area contributed by atoms with Crippen LogP contribution in [0, 0.1) is 15.9 Å². The Morgan fingerprint density at radius 1 is 1.20 bits per heavy atom. The summed E-state index contributed by atoms with van der Waals surface area (Å²) < 4.78 is 25.7. The van der Waals surface area contributed by atoms with Gasteiger partial charge in [-0.3, -0.25) is 24.7 Å². The van der Waals surface area contributed by atoms with Crippen molar-refractivity contribution in [2.45, 2.75) is 25.1 Å². The zero-order valence-corrected chi connectivity index (χ0v) is 19.6. The highest BCUT2D eigenvalue weighted by Crippen LogP contribution is 2.52. The first kappa shape index (κ1) is 22.7. The Morgan fingerprint density at radius 3 is 2.60 bits per heavy atom. The summed E-state index contributed by atoms with van der Waals surface area (Å²) in [6, 6.07) is 16.1. The lowest BCUT2D eigenvalue weighted by Gasteiger charge is -2.55. The number of thiocarbonyl (C=S) groups is 1. The summed E-state index contributed by atoms with van der Waals surface area (Å²) in [6.45, 7) is 1.85. The Balaban J connectivity index is 1.69. The molecule has 0 radical (unpaired) electrons. The van der Waals surface area contributed by atoms with E-state index in [-0.39, 0.29) is 16.4 Å². The normalized spacial score (nSPS) is 20.7. The molecule has 2 aliphatic rings. The molecule has 35 heavy (non-hydrogen) atoms. The van der Waals surface area contributed by atoms with Crippen molar-refractivity contribution in [3.63, 3.8) is 0 Å². The third-order valence-corrected chi connectivity index (χ3v) is 6.65. The fourth-order valence-electron chi connectivity index (χ4n) is 4.70. The number of nitro groups is 1. The van der Waals surface area contributed by atoms with Gasteiger partial charge >= 0.3 is 0 Å². The van der Waals surface area contributed by atoms with Crippen LogP contribution in [0.5, 0.6) is 11.5 Å². The van der Waals surface area contributed by atoms with E-state index in [4.69, 9.17) is 21.7 Å². The standard InChI is InChI=1S/C25H20FN3O5S/c1-25-14-20(19-7-4-8-21(33-2)22(19)34-25)27(23(30)15-5-3-6-18(13-15)29(31)32)24(35)28(25)17-11-9-16(26)10-12-17/h3-13,20H,14H2,1-2H3/t20-,25+/m1/s1. The van der Waals surface area contributed by atoms with E-state index in [9.17, 15) is 19.3 Å². The molecule has 1 amide bonds. The van der Waals surface area contributed by atoms with Gasteiger partial charge in [0, 0.05) is 35.4 Å². The van der Waals surface area contributed by atoms with Crippen LogP contribution in [-0.4, -0.2) is 33.7 Å². The van der Waals surface area contributed by atoms with Gasteiger partial charge in [-0.1, -0.05) is 18.2 Å². The first-order valence-corrected chi connectivity index (χ1v) is 11.2. The summed E-state index contributed by atoms with van der Waals surface area (Å²) in [5.41, 5.74) is 0.156. The van der Waals surface area contributed by atoms with Crippen LogP contribution in [0.4, 0.5) is 15.8 Å². The predicted octanol–water partition coefficient (Wildman–Crippen LogP) is 5.23. The molecule has 2 bridgehead atoms. The first-order chi connectivity index (χ1) is 16.7. The summed E-state index contributed by atoms with van der Waals surface area (Å²) in [6.07, 6.45) is 0.339. The number of ether oxygens (including phenoxy) is 2. The molecule has 0 N–H and O–H groups in total. The van der Waals surface area contributed by atoms with Crippen molar-refractivity contribution in [2.75, 3.05) is 12.0 Å². The van der Waals surface area contributed by atoms with Crippen LogP contribution in [0.2, 0.25) is 0 Å². The number of nitrogens with zero attached hydrogens (tertiary/aromatic N) is 3. The highest BCUT2D eigenvalue weighted by Gasteiger charge is 2.54. The van der Waals surface area contributed by atoms with Crippen molar-refractivity contribution >= 4 is 34.6 Å². The van der Waals surface area contributed by atoms with Crippen LogP contribution >= 0.6 is 12.2 Å². The molecule has 0 saturated carbocycles. The molecule has 0 aromatic heterocycles. The van der Waals surface area contributed by atoms with E-state index in [0.717, 1.165) is 0 Å². The number of carbonyl (C=O) groups excluding carboxylic acids is 1. The maximum Gasteiger partial charge on any atom is 0.270 e. The molecule has 0 spiro atoms. The van der Waals surface area contributed by atoms with Crippen LogP contribution in [-0.2, 0) is 0 Å². The van der Waals surface area contributed by atoms with E-state index >= 15 is 0 Å². The van der Waals surface area contributed by atoms with Gasteiger partial charge < -0.3 is 9.47 Å². The van der Waals surface area contributed by atoms with Gasteiger partial charge in [-0.15, -0.1) is 0 Å². The largest absolute Gasteiger partial charge is 0.493 e. The third-order valence-electron chi connectivity index (χ3n) is 6.27. The summed E-state index contributed by atoms with van der Waals surface area (Å²) in [5, 5.41) is 11.5. The van der Waals surface area contributed by atoms with E-state index in [2.05, 4.69) is 0 Å². The molecule has 0 aliphatic carbocycles. The first-order valence-electron chi connectivity index (χ1n) is 10.8. The van der Waals surface area contributed by atoms with E-state index in [1.54, 1.807) is 29.2 Å². The van der Waals surface area contributed by atoms with Gasteiger partial charge in [0.2, 0.25) is 0 Å². The smallest absolute Gasteiger partial charge is 0.270 e. The highest BCUT2D eigenvalue weighted by atomic mass is 32.1. The van der Waals surface area contributed by atoms with Crippen LogP contribution in [0.3, 0.4) is 0 Å². The minimum Gasteiger partial charge on any atom is -0.493 e. The fourth-order valence-corrected chi connectivity index (χ4v) is 5.21. The minimum atomic E-state index is -1.01. The number of hydrogen-bond acceptors (Lipinski definition) is 6. The second kappa shape index (κ2) is 8.31. The van der Waals surface area contributed by atoms with Crippen LogP contribution in [0.15, 0.2) is 66.7 Å². The van der Waals surface area contributed by atoms with Crippen LogP contribution in [0.25, 0.3) is 0 Å². The van der Waals surface area contributed by atoms with Gasteiger partial charge in [0.05, 0.1) is 18.1 Å². The molecule has 0 unspecified atom stereocenters. The Bertz CT molecular complexity index is 1370. The molecular formula is C25H20FN3O5S. The SMILES string of the molecule is COc1cccc2c1O[C@@]1(C)C[C@H]2N(C(=O)c2cccc([N+](=O)[O-])c2)C(=S)N1c1ccc(F)cc1. The number of para-hydroxylation sites is 1. The molecule has 178 valence electrons. The molecule has 3 aromatic rings. The van der Waals surface area contributed by atoms with Gasteiger partial charge in [-0.2, -0.15) is 0 Å². The number of nitro benzene ring substituents is 1. The molecule has 5 rings (SSSR count). The van der Waals surface area contributed by atoms with E-state index in [1.165, 1.54) is 48.4 Å². The Kier molecular flexibility index (Phi) is 5.40. The number of amides is 1. The maximum absolute atomic E-state index is 13.8. The second-order valence-corrected chi connectivity index (χ2v) is 8.82. The van der Waals surface area contributed by atoms with Crippen LogP contribution < -0.4 is 14.4 Å². The number of methoxy groups -OCH3 is 1. The summed E-state index contributed by atoms with van der Waals surface area (Å²) in [7, 11) is 1.53. The van der Waals surface area contributed by atoms with Crippen molar-refractivity contribution < 1.29 is 23.6 Å². The van der Waals surface area contributed by atoms with Gasteiger partial charge in [-0.05, 0) is 55.5 Å². The van der Waals surface area contributed by atoms with E-state index in [0.29, 0.717) is 29.2 Å². The van der Waals surface area contributed by atoms with Crippen LogP contribution in [0.1, 0.15) is 35.3 Å². The minimum absolute atomic E-state index is 0.125. The molecule has 2 heterocycles. The highest BCUT2D eigenvalue weighted by molar-refractivity contribution is 7.80. The lowest BCUT2D eigenvalue weighted by molar-refractivity contribution is -0.384. The van der Waals surface area contributed by atoms with Crippen molar-refractivity contribution in [1.82, 2.24) is 4.90 Å². The molecule has 10 heteroatoms. The Labute approximate surface area is 205 Å². The molecule has 2 atom stereocenters. The van der Waals surface area contributed by atoms with Crippen molar-refractivity contribution in [3.8, 4) is 11.5 Å². The number of fused-ring (bicyclic) bond motifs is 4. The van der Waals surface area contributed by atoms with Gasteiger partial charge in [0.15, 0.2) is 22.3 Å². The lowest BCUT2D eigenvalue weighted by atomic mass is 9.88. The third kappa shape index (κ3) is 3.66. The van der Waals surface area contributed by atoms with Crippen molar-refractivity contribution in [1.29, 1.82) is 0 Å². The molecule has 8 nitrogen and oxygen atoms in total. The number of carbonyl (C=O) groups is 1. The Morgan fingerprint density at radius 2 is 1.91 bits per heavy atom. The lowest BCUT2D eigenvalue weighted by Crippen LogP contribution is -2.67. The quantitative estimate of drug-likeness (QED) is 0.280. The molecule has 2 aliphatic heterocycles. The molecule has 3 aromatic carbocycles. The fraction of sp³-hybridized carbons (Fsp3) is 0.200. The number of rotatable bonds is 4. The van der Waals surface area contributed by atoms with Gasteiger partial charge in [0.25, 0.3) is 11.6 Å². The average molecular weight is 494 g/mol. The van der Waals surface area contributed by atoms with Crippen molar-refractivity contribution in [3.05, 3.63) is 93.8 Å². The number of hydrogen-bond donors (Lipinski definition) is 0. The van der Waals surface area contributed by atoms with Gasteiger partial charge in [0.1, 0.15) is 5.82 Å². The number of halogens is 1. The zero-order chi connectivity index (χ0) is 24.9. The zero-order valence-electron chi connectivity index (χ0n) is 18.8. The number of anilines is 1. The Hall–Kier alpha value is -4.05. The molecule has 1 fully saturated rings. The predicted molar refractivity (Wildman–Crippen MR) is 130 cm³/mol. The van der Waals surface area contributed by atoms with Crippen molar-refractivity contribution in [2.24, 2.45) is 0 Å². The van der Waals surface area contributed by atoms with E-state index < -0.39 is 28.4 Å². The monoisotopic (exact) mass is 493 g/mol. The summed E-state index contributed by atoms with van der Waals surface area (Å²) >= 11 is 5.83. The average Bonchev–Trinajstić information content (AvgIpc) is 2.84. The topological polar surface area (TPSA) is 85.1 Å². The summed E-state index contributed by atoms with van der Waals surface area (Å²) in [5.74, 6) is 0.0580.